The van der Waals surface area contributed by atoms with Crippen LogP contribution in [0.5, 0.6) is 0 Å². The number of hydrogen-bond donors (Lipinski definition) is 1. The van der Waals surface area contributed by atoms with Gasteiger partial charge in [-0.1, -0.05) is 20.3 Å². The first-order valence-electron chi connectivity index (χ1n) is 6.92. The summed E-state index contributed by atoms with van der Waals surface area (Å²) in [5.74, 6) is 0. The largest absolute Gasteiger partial charge is 0.363 e. The number of thiocarbonyl (C=S) groups is 1. The highest BCUT2D eigenvalue weighted by Gasteiger charge is 2.23. The van der Waals surface area contributed by atoms with Crippen LogP contribution in [0.25, 0.3) is 0 Å². The van der Waals surface area contributed by atoms with Crippen molar-refractivity contribution in [3.63, 3.8) is 0 Å². The monoisotopic (exact) mass is 257 g/mol. The third-order valence-electron chi connectivity index (χ3n) is 3.44. The minimum atomic E-state index is 0.573. The van der Waals surface area contributed by atoms with Crippen molar-refractivity contribution in [2.75, 3.05) is 33.2 Å². The highest BCUT2D eigenvalue weighted by Crippen LogP contribution is 2.12. The molecule has 0 aliphatic carbocycles. The zero-order valence-electron chi connectivity index (χ0n) is 11.5. The van der Waals surface area contributed by atoms with Crippen LogP contribution < -0.4 is 5.32 Å². The molecule has 0 amide bonds. The van der Waals surface area contributed by atoms with E-state index in [4.69, 9.17) is 12.2 Å². The third kappa shape index (κ3) is 4.80. The van der Waals surface area contributed by atoms with Crippen molar-refractivity contribution in [1.29, 1.82) is 0 Å². The van der Waals surface area contributed by atoms with Gasteiger partial charge in [-0.25, -0.2) is 0 Å². The van der Waals surface area contributed by atoms with Gasteiger partial charge in [0.05, 0.1) is 0 Å². The van der Waals surface area contributed by atoms with E-state index in [1.54, 1.807) is 0 Å². The van der Waals surface area contributed by atoms with Crippen LogP contribution in [0, 0.1) is 0 Å². The molecule has 1 heterocycles. The van der Waals surface area contributed by atoms with E-state index in [-0.39, 0.29) is 0 Å². The van der Waals surface area contributed by atoms with Crippen molar-refractivity contribution in [2.45, 2.75) is 45.6 Å². The van der Waals surface area contributed by atoms with Gasteiger partial charge in [0.25, 0.3) is 0 Å². The van der Waals surface area contributed by atoms with Crippen LogP contribution in [-0.4, -0.2) is 54.2 Å². The van der Waals surface area contributed by atoms with Gasteiger partial charge in [-0.05, 0) is 45.1 Å². The Morgan fingerprint density at radius 3 is 2.76 bits per heavy atom. The van der Waals surface area contributed by atoms with E-state index in [1.165, 1.54) is 32.2 Å². The summed E-state index contributed by atoms with van der Waals surface area (Å²) in [5.41, 5.74) is 0. The van der Waals surface area contributed by atoms with Crippen LogP contribution in [0.1, 0.15) is 39.5 Å². The van der Waals surface area contributed by atoms with Crippen LogP contribution >= 0.6 is 12.2 Å². The highest BCUT2D eigenvalue weighted by molar-refractivity contribution is 7.80. The number of nitrogens with zero attached hydrogens (tertiary/aromatic N) is 2. The van der Waals surface area contributed by atoms with Crippen molar-refractivity contribution >= 4 is 17.3 Å². The summed E-state index contributed by atoms with van der Waals surface area (Å²) in [6, 6.07) is 0.573. The molecule has 1 fully saturated rings. The molecule has 100 valence electrons. The second-order valence-corrected chi connectivity index (χ2v) is 5.34. The summed E-state index contributed by atoms with van der Waals surface area (Å²) < 4.78 is 0. The fraction of sp³-hybridized carbons (Fsp3) is 0.923. The van der Waals surface area contributed by atoms with Gasteiger partial charge in [0.2, 0.25) is 0 Å². The number of hydrogen-bond acceptors (Lipinski definition) is 2. The summed E-state index contributed by atoms with van der Waals surface area (Å²) >= 11 is 5.53. The molecule has 1 unspecified atom stereocenters. The zero-order valence-corrected chi connectivity index (χ0v) is 12.4. The van der Waals surface area contributed by atoms with Gasteiger partial charge in [0.15, 0.2) is 5.11 Å². The molecule has 1 saturated heterocycles. The first-order chi connectivity index (χ1) is 8.19. The van der Waals surface area contributed by atoms with E-state index < -0.39 is 0 Å². The Bertz CT molecular complexity index is 233. The molecule has 1 N–H and O–H groups in total. The van der Waals surface area contributed by atoms with Crippen molar-refractivity contribution in [1.82, 2.24) is 15.1 Å². The van der Waals surface area contributed by atoms with E-state index in [0.717, 1.165) is 24.7 Å². The molecule has 1 atom stereocenters. The lowest BCUT2D eigenvalue weighted by Crippen LogP contribution is -2.48. The van der Waals surface area contributed by atoms with Crippen LogP contribution in [0.15, 0.2) is 0 Å². The maximum atomic E-state index is 5.53. The number of nitrogens with one attached hydrogen (secondary N) is 1. The molecule has 17 heavy (non-hydrogen) atoms. The standard InChI is InChI=1S/C13H27N3S/c1-4-6-8-14-13(17)16-10-7-9-15(3)11-12(16)5-2/h12H,4-11H2,1-3H3,(H,14,17). The smallest absolute Gasteiger partial charge is 0.169 e. The van der Waals surface area contributed by atoms with Crippen molar-refractivity contribution in [2.24, 2.45) is 0 Å². The fourth-order valence-corrected chi connectivity index (χ4v) is 2.68. The SMILES string of the molecule is CCCCNC(=S)N1CCCN(C)CC1CC. The molecular weight excluding hydrogens is 230 g/mol. The molecule has 0 saturated carbocycles. The van der Waals surface area contributed by atoms with Gasteiger partial charge >= 0.3 is 0 Å². The predicted molar refractivity (Wildman–Crippen MR) is 78.4 cm³/mol. The summed E-state index contributed by atoms with van der Waals surface area (Å²) in [7, 11) is 2.21. The molecule has 0 spiro atoms. The minimum Gasteiger partial charge on any atom is -0.363 e. The first-order valence-corrected chi connectivity index (χ1v) is 7.32. The Labute approximate surface area is 112 Å². The maximum absolute atomic E-state index is 5.53. The molecule has 0 aromatic carbocycles. The minimum absolute atomic E-state index is 0.573. The van der Waals surface area contributed by atoms with E-state index >= 15 is 0 Å². The Balaban J connectivity index is 2.49. The maximum Gasteiger partial charge on any atom is 0.169 e. The van der Waals surface area contributed by atoms with Crippen molar-refractivity contribution in [3.8, 4) is 0 Å². The fourth-order valence-electron chi connectivity index (χ4n) is 2.33. The molecule has 1 aliphatic rings. The first kappa shape index (κ1) is 14.7. The molecule has 0 radical (unpaired) electrons. The predicted octanol–water partition coefficient (Wildman–Crippen LogP) is 2.08. The van der Waals surface area contributed by atoms with Crippen LogP contribution in [0.2, 0.25) is 0 Å². The molecule has 0 aromatic heterocycles. The lowest BCUT2D eigenvalue weighted by atomic mass is 10.2. The average Bonchev–Trinajstić information content (AvgIpc) is 2.50. The van der Waals surface area contributed by atoms with Crippen LogP contribution in [0.4, 0.5) is 0 Å². The Hall–Kier alpha value is -0.350. The molecule has 1 rings (SSSR count). The van der Waals surface area contributed by atoms with Crippen molar-refractivity contribution in [3.05, 3.63) is 0 Å². The average molecular weight is 257 g/mol. The second kappa shape index (κ2) is 7.88. The molecule has 0 aromatic rings. The van der Waals surface area contributed by atoms with E-state index in [2.05, 4.69) is 36.0 Å². The lowest BCUT2D eigenvalue weighted by molar-refractivity contribution is 0.262. The topological polar surface area (TPSA) is 18.5 Å². The molecule has 3 nitrogen and oxygen atoms in total. The number of rotatable bonds is 4. The molecule has 0 bridgehead atoms. The summed E-state index contributed by atoms with van der Waals surface area (Å²) in [6.07, 6.45) is 4.79. The summed E-state index contributed by atoms with van der Waals surface area (Å²) in [6.45, 7) is 8.89. The summed E-state index contributed by atoms with van der Waals surface area (Å²) in [5, 5.41) is 4.36. The Morgan fingerprint density at radius 1 is 1.35 bits per heavy atom. The number of likely N-dealkylation sites (N-methyl/N-ethyl adjacent to an activating group) is 1. The quantitative estimate of drug-likeness (QED) is 0.614. The van der Waals surface area contributed by atoms with Gasteiger partial charge in [0.1, 0.15) is 0 Å². The van der Waals surface area contributed by atoms with E-state index in [0.29, 0.717) is 6.04 Å². The normalized spacial score (nSPS) is 22.3. The third-order valence-corrected chi connectivity index (χ3v) is 3.82. The van der Waals surface area contributed by atoms with Gasteiger partial charge in [-0.2, -0.15) is 0 Å². The highest BCUT2D eigenvalue weighted by atomic mass is 32.1. The lowest BCUT2D eigenvalue weighted by Gasteiger charge is -2.32. The van der Waals surface area contributed by atoms with Crippen LogP contribution in [0.3, 0.4) is 0 Å². The molecule has 1 aliphatic heterocycles. The number of unbranched alkanes of at least 4 members (excludes halogenated alkanes) is 1. The summed E-state index contributed by atoms with van der Waals surface area (Å²) in [4.78, 5) is 4.82. The Kier molecular flexibility index (Phi) is 6.82. The van der Waals surface area contributed by atoms with Gasteiger partial charge in [0, 0.05) is 25.7 Å². The Morgan fingerprint density at radius 2 is 2.12 bits per heavy atom. The van der Waals surface area contributed by atoms with E-state index in [1.807, 2.05) is 0 Å². The second-order valence-electron chi connectivity index (χ2n) is 4.96. The molecule has 4 heteroatoms. The van der Waals surface area contributed by atoms with Crippen molar-refractivity contribution < 1.29 is 0 Å². The van der Waals surface area contributed by atoms with Crippen LogP contribution in [-0.2, 0) is 0 Å². The van der Waals surface area contributed by atoms with E-state index in [9.17, 15) is 0 Å². The molecular formula is C13H27N3S. The van der Waals surface area contributed by atoms with Gasteiger partial charge in [-0.3, -0.25) is 0 Å². The van der Waals surface area contributed by atoms with Gasteiger partial charge in [-0.15, -0.1) is 0 Å². The van der Waals surface area contributed by atoms with Gasteiger partial charge < -0.3 is 15.1 Å². The zero-order chi connectivity index (χ0) is 12.7.